The van der Waals surface area contributed by atoms with Crippen molar-refractivity contribution in [2.45, 2.75) is 12.5 Å². The van der Waals surface area contributed by atoms with Gasteiger partial charge in [0.2, 0.25) is 0 Å². The van der Waals surface area contributed by atoms with Gasteiger partial charge < -0.3 is 15.3 Å². The smallest absolute Gasteiger partial charge is 0.321 e. The highest BCUT2D eigenvalue weighted by atomic mass is 16.4. The molecule has 0 aliphatic carbocycles. The summed E-state index contributed by atoms with van der Waals surface area (Å²) in [6, 6.07) is 7.38. The van der Waals surface area contributed by atoms with Crippen molar-refractivity contribution in [3.8, 4) is 0 Å². The first kappa shape index (κ1) is 12.5. The largest absolute Gasteiger partial charge is 0.480 e. The molecule has 0 heterocycles. The molecule has 0 aliphatic heterocycles. The van der Waals surface area contributed by atoms with Gasteiger partial charge in [-0.25, -0.2) is 0 Å². The highest BCUT2D eigenvalue weighted by Gasteiger charge is 2.14. The first-order valence-corrected chi connectivity index (χ1v) is 5.21. The summed E-state index contributed by atoms with van der Waals surface area (Å²) in [6.07, 6.45) is 0.500. The van der Waals surface area contributed by atoms with E-state index in [1.165, 1.54) is 0 Å². The number of hydrogen-bond acceptors (Lipinski definition) is 3. The molecule has 2 N–H and O–H groups in total. The van der Waals surface area contributed by atoms with E-state index in [-0.39, 0.29) is 0 Å². The van der Waals surface area contributed by atoms with Gasteiger partial charge in [-0.3, -0.25) is 4.79 Å². The predicted octanol–water partition coefficient (Wildman–Crippen LogP) is 0.968. The fourth-order valence-electron chi connectivity index (χ4n) is 1.48. The van der Waals surface area contributed by atoms with E-state index in [1.54, 1.807) is 7.05 Å². The van der Waals surface area contributed by atoms with Gasteiger partial charge in [0.05, 0.1) is 0 Å². The Bertz CT molecular complexity index is 347. The summed E-state index contributed by atoms with van der Waals surface area (Å²) in [5, 5.41) is 11.7. The van der Waals surface area contributed by atoms with Crippen LogP contribution in [0.3, 0.4) is 0 Å². The predicted molar refractivity (Wildman–Crippen MR) is 65.0 cm³/mol. The van der Waals surface area contributed by atoms with E-state index in [0.717, 1.165) is 11.3 Å². The fraction of sp³-hybridized carbons (Fsp3) is 0.417. The summed E-state index contributed by atoms with van der Waals surface area (Å²) >= 11 is 0. The number of rotatable bonds is 5. The van der Waals surface area contributed by atoms with Gasteiger partial charge in [-0.1, -0.05) is 12.1 Å². The van der Waals surface area contributed by atoms with E-state index in [0.29, 0.717) is 6.42 Å². The Labute approximate surface area is 95.9 Å². The number of carboxylic acids is 1. The van der Waals surface area contributed by atoms with E-state index in [4.69, 9.17) is 5.11 Å². The van der Waals surface area contributed by atoms with Crippen molar-refractivity contribution >= 4 is 11.7 Å². The van der Waals surface area contributed by atoms with Crippen LogP contribution in [0.25, 0.3) is 0 Å². The zero-order valence-electron chi connectivity index (χ0n) is 9.90. The number of nitrogens with one attached hydrogen (secondary N) is 1. The summed E-state index contributed by atoms with van der Waals surface area (Å²) in [5.74, 6) is -0.820. The molecule has 1 aromatic rings. The van der Waals surface area contributed by atoms with Crippen LogP contribution in [0.2, 0.25) is 0 Å². The maximum absolute atomic E-state index is 10.8. The molecule has 1 rings (SSSR count). The van der Waals surface area contributed by atoms with E-state index in [2.05, 4.69) is 5.32 Å². The van der Waals surface area contributed by atoms with Crippen molar-refractivity contribution in [1.82, 2.24) is 5.32 Å². The molecule has 1 aromatic carbocycles. The van der Waals surface area contributed by atoms with Gasteiger partial charge in [-0.15, -0.1) is 0 Å². The van der Waals surface area contributed by atoms with Crippen molar-refractivity contribution in [1.29, 1.82) is 0 Å². The number of likely N-dealkylation sites (N-methyl/N-ethyl adjacent to an activating group) is 1. The third kappa shape index (κ3) is 3.24. The van der Waals surface area contributed by atoms with E-state index >= 15 is 0 Å². The van der Waals surface area contributed by atoms with E-state index < -0.39 is 12.0 Å². The molecule has 1 atom stereocenters. The molecule has 0 fully saturated rings. The number of hydrogen-bond donors (Lipinski definition) is 2. The number of nitrogens with zero attached hydrogens (tertiary/aromatic N) is 1. The zero-order chi connectivity index (χ0) is 12.1. The summed E-state index contributed by atoms with van der Waals surface area (Å²) in [5.41, 5.74) is 2.13. The lowest BCUT2D eigenvalue weighted by molar-refractivity contribution is -0.139. The highest BCUT2D eigenvalue weighted by molar-refractivity contribution is 5.73. The Hall–Kier alpha value is -1.55. The fourth-order valence-corrected chi connectivity index (χ4v) is 1.48. The molecular weight excluding hydrogens is 204 g/mol. The maximum Gasteiger partial charge on any atom is 0.321 e. The number of benzene rings is 1. The van der Waals surface area contributed by atoms with Crippen LogP contribution in [0.5, 0.6) is 0 Å². The van der Waals surface area contributed by atoms with Gasteiger partial charge in [-0.05, 0) is 31.2 Å². The molecule has 0 spiro atoms. The minimum Gasteiger partial charge on any atom is -0.480 e. The molecule has 0 radical (unpaired) electrons. The highest BCUT2D eigenvalue weighted by Crippen LogP contribution is 2.13. The molecule has 0 saturated carbocycles. The SMILES string of the molecule is CNC(Cc1ccc(N(C)C)cc1)C(=O)O. The molecule has 0 aromatic heterocycles. The lowest BCUT2D eigenvalue weighted by Gasteiger charge is -2.14. The molecule has 1 unspecified atom stereocenters. The number of carboxylic acid groups (broad SMARTS) is 1. The monoisotopic (exact) mass is 222 g/mol. The van der Waals surface area contributed by atoms with Crippen LogP contribution >= 0.6 is 0 Å². The normalized spacial score (nSPS) is 12.2. The summed E-state index contributed by atoms with van der Waals surface area (Å²) in [7, 11) is 5.61. The van der Waals surface area contributed by atoms with Gasteiger partial charge in [0.15, 0.2) is 0 Å². The van der Waals surface area contributed by atoms with Crippen LogP contribution in [-0.4, -0.2) is 38.3 Å². The molecule has 0 saturated heterocycles. The third-order valence-electron chi connectivity index (χ3n) is 2.54. The molecule has 88 valence electrons. The molecule has 4 heteroatoms. The second-order valence-corrected chi connectivity index (χ2v) is 3.94. The Kier molecular flexibility index (Phi) is 4.31. The minimum atomic E-state index is -0.820. The van der Waals surface area contributed by atoms with Crippen molar-refractivity contribution in [3.63, 3.8) is 0 Å². The summed E-state index contributed by atoms with van der Waals surface area (Å²) in [4.78, 5) is 12.8. The number of aliphatic carboxylic acids is 1. The second kappa shape index (κ2) is 5.51. The Morgan fingerprint density at radius 3 is 2.31 bits per heavy atom. The van der Waals surface area contributed by atoms with Crippen LogP contribution in [0.15, 0.2) is 24.3 Å². The van der Waals surface area contributed by atoms with Crippen molar-refractivity contribution < 1.29 is 9.90 Å². The van der Waals surface area contributed by atoms with Crippen LogP contribution in [0, 0.1) is 0 Å². The van der Waals surface area contributed by atoms with Crippen molar-refractivity contribution in [3.05, 3.63) is 29.8 Å². The molecule has 0 amide bonds. The molecule has 16 heavy (non-hydrogen) atoms. The van der Waals surface area contributed by atoms with Crippen LogP contribution < -0.4 is 10.2 Å². The van der Waals surface area contributed by atoms with Crippen molar-refractivity contribution in [2.24, 2.45) is 0 Å². The third-order valence-corrected chi connectivity index (χ3v) is 2.54. The number of carbonyl (C=O) groups is 1. The van der Waals surface area contributed by atoms with Gasteiger partial charge in [0.25, 0.3) is 0 Å². The summed E-state index contributed by atoms with van der Waals surface area (Å²) < 4.78 is 0. The van der Waals surface area contributed by atoms with Gasteiger partial charge in [0.1, 0.15) is 6.04 Å². The van der Waals surface area contributed by atoms with E-state index in [9.17, 15) is 4.79 Å². The first-order chi connectivity index (χ1) is 7.54. The minimum absolute atomic E-state index is 0.500. The second-order valence-electron chi connectivity index (χ2n) is 3.94. The Morgan fingerprint density at radius 1 is 1.38 bits per heavy atom. The summed E-state index contributed by atoms with van der Waals surface area (Å²) in [6.45, 7) is 0. The lowest BCUT2D eigenvalue weighted by Crippen LogP contribution is -2.35. The lowest BCUT2D eigenvalue weighted by atomic mass is 10.1. The van der Waals surface area contributed by atoms with Gasteiger partial charge in [-0.2, -0.15) is 0 Å². The average molecular weight is 222 g/mol. The Balaban J connectivity index is 2.71. The average Bonchev–Trinajstić information content (AvgIpc) is 2.26. The maximum atomic E-state index is 10.8. The Morgan fingerprint density at radius 2 is 1.94 bits per heavy atom. The van der Waals surface area contributed by atoms with Gasteiger partial charge in [0, 0.05) is 19.8 Å². The van der Waals surface area contributed by atoms with Crippen LogP contribution in [0.4, 0.5) is 5.69 Å². The topological polar surface area (TPSA) is 52.6 Å². The number of anilines is 1. The molecule has 0 aliphatic rings. The van der Waals surface area contributed by atoms with Crippen molar-refractivity contribution in [2.75, 3.05) is 26.0 Å². The first-order valence-electron chi connectivity index (χ1n) is 5.21. The quantitative estimate of drug-likeness (QED) is 0.779. The van der Waals surface area contributed by atoms with Crippen LogP contribution in [-0.2, 0) is 11.2 Å². The molecule has 0 bridgehead atoms. The van der Waals surface area contributed by atoms with Crippen LogP contribution in [0.1, 0.15) is 5.56 Å². The zero-order valence-corrected chi connectivity index (χ0v) is 9.90. The molecule has 4 nitrogen and oxygen atoms in total. The standard InChI is InChI=1S/C12H18N2O2/c1-13-11(12(15)16)8-9-4-6-10(7-5-9)14(2)3/h4-7,11,13H,8H2,1-3H3,(H,15,16). The van der Waals surface area contributed by atoms with E-state index in [1.807, 2.05) is 43.3 Å². The molecular formula is C12H18N2O2. The van der Waals surface area contributed by atoms with Gasteiger partial charge >= 0.3 is 5.97 Å².